The van der Waals surface area contributed by atoms with Crippen LogP contribution >= 0.6 is 15.9 Å². The van der Waals surface area contributed by atoms with Crippen LogP contribution < -0.4 is 0 Å². The molecule has 0 fully saturated rings. The largest absolute Gasteiger partial charge is 0.468 e. The maximum Gasteiger partial charge on any atom is 0.373 e. The summed E-state index contributed by atoms with van der Waals surface area (Å²) >= 11 is 3.37. The molecule has 0 bridgehead atoms. The van der Waals surface area contributed by atoms with E-state index in [1.807, 2.05) is 31.2 Å². The fraction of sp³-hybridized carbons (Fsp3) is 0.222. The fourth-order valence-electron chi connectivity index (χ4n) is 3.42. The number of ether oxygens (including phenoxy) is 3. The number of benzene rings is 2. The van der Waals surface area contributed by atoms with E-state index in [1.54, 1.807) is 19.1 Å². The molecule has 0 aliphatic rings. The number of hydrogen-bond acceptors (Lipinski definition) is 12. The van der Waals surface area contributed by atoms with E-state index in [2.05, 4.69) is 30.4 Å². The van der Waals surface area contributed by atoms with Crippen molar-refractivity contribution < 1.29 is 47.8 Å². The maximum absolute atomic E-state index is 11.6. The fourth-order valence-corrected chi connectivity index (χ4v) is 3.85. The zero-order valence-electron chi connectivity index (χ0n) is 22.0. The number of methoxy groups -OCH3 is 3. The zero-order valence-corrected chi connectivity index (χ0v) is 23.6. The highest BCUT2D eigenvalue weighted by Crippen LogP contribution is 2.28. The summed E-state index contributed by atoms with van der Waals surface area (Å²) in [5.74, 6) is -2.78. The number of pyridine rings is 1. The van der Waals surface area contributed by atoms with Crippen LogP contribution in [-0.4, -0.2) is 56.5 Å². The van der Waals surface area contributed by atoms with Gasteiger partial charge < -0.3 is 14.2 Å². The predicted octanol–water partition coefficient (Wildman–Crippen LogP) is 3.49. The molecule has 0 aliphatic heterocycles. The van der Waals surface area contributed by atoms with Crippen molar-refractivity contribution in [3.8, 4) is 6.07 Å². The highest BCUT2D eigenvalue weighted by molar-refractivity contribution is 9.10. The maximum atomic E-state index is 11.6. The SMILES string of the molecule is COC(=O)c1cccc(C)c1C(C#N)C(=O)OC.COC(=O)c1cnc(Br)c2cccc(C)c12.O=C=O.O=C=O. The van der Waals surface area contributed by atoms with Gasteiger partial charge >= 0.3 is 30.2 Å². The molecular formula is C27H23BrN2O10. The molecule has 208 valence electrons. The van der Waals surface area contributed by atoms with Crippen LogP contribution in [-0.2, 0) is 38.2 Å². The van der Waals surface area contributed by atoms with E-state index in [0.717, 1.165) is 20.9 Å². The van der Waals surface area contributed by atoms with Gasteiger partial charge in [-0.05, 0) is 52.5 Å². The Balaban J connectivity index is 0.000000638. The van der Waals surface area contributed by atoms with Gasteiger partial charge in [-0.15, -0.1) is 0 Å². The highest BCUT2D eigenvalue weighted by atomic mass is 79.9. The topological polar surface area (TPSA) is 184 Å². The number of fused-ring (bicyclic) bond motifs is 1. The number of esters is 3. The first-order valence-corrected chi connectivity index (χ1v) is 11.6. The lowest BCUT2D eigenvalue weighted by molar-refractivity contribution is -0.193. The standard InChI is InChI=1S/C13H13NO4.C12H10BrNO2.2CO2/c1-8-5-4-6-9(12(15)17-2)11(8)10(7-14)13(16)18-3;1-7-4-3-5-8-10(7)9(12(15)16-2)6-14-11(8)13;2*2-1-3/h4-6,10H,1-3H3;3-6H,1-2H3;;. The Morgan fingerprint density at radius 1 is 0.825 bits per heavy atom. The van der Waals surface area contributed by atoms with Gasteiger partial charge in [0.15, 0.2) is 5.92 Å². The van der Waals surface area contributed by atoms with Gasteiger partial charge in [0.2, 0.25) is 0 Å². The Labute approximate surface area is 237 Å². The summed E-state index contributed by atoms with van der Waals surface area (Å²) < 4.78 is 14.7. The number of halogens is 1. The minimum Gasteiger partial charge on any atom is -0.468 e. The van der Waals surface area contributed by atoms with E-state index >= 15 is 0 Å². The molecule has 0 N–H and O–H groups in total. The molecule has 2 aromatic carbocycles. The Morgan fingerprint density at radius 2 is 1.32 bits per heavy atom. The summed E-state index contributed by atoms with van der Waals surface area (Å²) in [7, 11) is 3.81. The molecule has 13 heteroatoms. The lowest BCUT2D eigenvalue weighted by Crippen LogP contribution is -2.18. The molecule has 0 saturated carbocycles. The summed E-state index contributed by atoms with van der Waals surface area (Å²) in [6.45, 7) is 3.68. The summed E-state index contributed by atoms with van der Waals surface area (Å²) in [6, 6.07) is 12.6. The number of carbonyl (C=O) groups excluding carboxylic acids is 7. The van der Waals surface area contributed by atoms with E-state index in [0.29, 0.717) is 16.7 Å². The molecule has 0 saturated heterocycles. The van der Waals surface area contributed by atoms with Gasteiger partial charge in [-0.3, -0.25) is 4.79 Å². The van der Waals surface area contributed by atoms with Gasteiger partial charge in [0.25, 0.3) is 0 Å². The van der Waals surface area contributed by atoms with Crippen LogP contribution in [0.5, 0.6) is 0 Å². The number of carbonyl (C=O) groups is 3. The summed E-state index contributed by atoms with van der Waals surface area (Å²) in [6.07, 6.45) is 2.03. The first kappa shape index (κ1) is 35.0. The molecule has 3 aromatic rings. The third-order valence-electron chi connectivity index (χ3n) is 5.06. The van der Waals surface area contributed by atoms with Gasteiger partial charge in [0, 0.05) is 17.0 Å². The smallest absolute Gasteiger partial charge is 0.373 e. The summed E-state index contributed by atoms with van der Waals surface area (Å²) in [5, 5.41) is 10.9. The van der Waals surface area contributed by atoms with E-state index in [1.165, 1.54) is 33.6 Å². The van der Waals surface area contributed by atoms with E-state index in [9.17, 15) is 14.4 Å². The van der Waals surface area contributed by atoms with Crippen molar-refractivity contribution in [3.05, 3.63) is 75.0 Å². The number of aromatic nitrogens is 1. The van der Waals surface area contributed by atoms with Gasteiger partial charge in [-0.2, -0.15) is 24.4 Å². The van der Waals surface area contributed by atoms with E-state index < -0.39 is 17.9 Å². The van der Waals surface area contributed by atoms with Crippen LogP contribution in [0, 0.1) is 25.2 Å². The minimum absolute atomic E-state index is 0.203. The van der Waals surface area contributed by atoms with Crippen molar-refractivity contribution >= 4 is 56.9 Å². The van der Waals surface area contributed by atoms with Crippen LogP contribution in [0.3, 0.4) is 0 Å². The van der Waals surface area contributed by atoms with Gasteiger partial charge in [0.1, 0.15) is 4.60 Å². The van der Waals surface area contributed by atoms with Crippen LogP contribution in [0.1, 0.15) is 43.3 Å². The molecular weight excluding hydrogens is 592 g/mol. The Bertz CT molecular complexity index is 1460. The normalized spacial score (nSPS) is 9.62. The molecule has 0 radical (unpaired) electrons. The Hall–Kier alpha value is -5.01. The summed E-state index contributed by atoms with van der Waals surface area (Å²) in [5.41, 5.74) is 2.72. The number of hydrogen-bond donors (Lipinski definition) is 0. The minimum atomic E-state index is -1.13. The van der Waals surface area contributed by atoms with Crippen LogP contribution in [0.15, 0.2) is 47.2 Å². The van der Waals surface area contributed by atoms with Crippen LogP contribution in [0.4, 0.5) is 0 Å². The number of rotatable bonds is 4. The average Bonchev–Trinajstić information content (AvgIpc) is 2.95. The number of nitrogens with zero attached hydrogens (tertiary/aromatic N) is 2. The molecule has 1 aromatic heterocycles. The molecule has 0 aliphatic carbocycles. The van der Waals surface area contributed by atoms with Crippen molar-refractivity contribution in [1.29, 1.82) is 5.26 Å². The van der Waals surface area contributed by atoms with Crippen molar-refractivity contribution in [1.82, 2.24) is 4.98 Å². The average molecular weight is 615 g/mol. The number of nitriles is 1. The molecule has 0 amide bonds. The predicted molar refractivity (Wildman–Crippen MR) is 138 cm³/mol. The zero-order chi connectivity index (χ0) is 30.8. The van der Waals surface area contributed by atoms with Crippen molar-refractivity contribution in [2.24, 2.45) is 0 Å². The van der Waals surface area contributed by atoms with Crippen LogP contribution in [0.2, 0.25) is 0 Å². The van der Waals surface area contributed by atoms with E-state index in [4.69, 9.17) is 29.2 Å². The molecule has 12 nitrogen and oxygen atoms in total. The second-order valence-electron chi connectivity index (χ2n) is 7.23. The molecule has 1 atom stereocenters. The van der Waals surface area contributed by atoms with Crippen molar-refractivity contribution in [3.63, 3.8) is 0 Å². The lowest BCUT2D eigenvalue weighted by atomic mass is 9.91. The molecule has 40 heavy (non-hydrogen) atoms. The first-order chi connectivity index (χ1) is 19.0. The van der Waals surface area contributed by atoms with Crippen molar-refractivity contribution in [2.75, 3.05) is 21.3 Å². The number of aryl methyl sites for hydroxylation is 2. The Morgan fingerprint density at radius 3 is 1.82 bits per heavy atom. The summed E-state index contributed by atoms with van der Waals surface area (Å²) in [4.78, 5) is 71.4. The highest BCUT2D eigenvalue weighted by Gasteiger charge is 2.28. The third kappa shape index (κ3) is 9.38. The van der Waals surface area contributed by atoms with Crippen LogP contribution in [0.25, 0.3) is 10.8 Å². The Kier molecular flexibility index (Phi) is 16.0. The van der Waals surface area contributed by atoms with Gasteiger partial charge in [0.05, 0.1) is 38.5 Å². The van der Waals surface area contributed by atoms with Gasteiger partial charge in [-0.25, -0.2) is 14.6 Å². The third-order valence-corrected chi connectivity index (χ3v) is 5.69. The van der Waals surface area contributed by atoms with Gasteiger partial charge in [-0.1, -0.05) is 30.3 Å². The second-order valence-corrected chi connectivity index (χ2v) is 7.98. The molecule has 3 rings (SSSR count). The van der Waals surface area contributed by atoms with E-state index in [-0.39, 0.29) is 23.8 Å². The molecule has 0 spiro atoms. The monoisotopic (exact) mass is 614 g/mol. The molecule has 1 heterocycles. The first-order valence-electron chi connectivity index (χ1n) is 10.8. The van der Waals surface area contributed by atoms with Crippen molar-refractivity contribution in [2.45, 2.75) is 19.8 Å². The molecule has 1 unspecified atom stereocenters. The second kappa shape index (κ2) is 18.3. The lowest BCUT2D eigenvalue weighted by Gasteiger charge is -2.14. The quantitative estimate of drug-likeness (QED) is 0.237.